The average Bonchev–Trinajstić information content (AvgIpc) is 2.73. The molecule has 3 heteroatoms. The monoisotopic (exact) mass is 209 g/mol. The molecule has 0 bridgehead atoms. The van der Waals surface area contributed by atoms with Gasteiger partial charge in [0.15, 0.2) is 5.78 Å². The molecule has 0 radical (unpaired) electrons. The van der Waals surface area contributed by atoms with Gasteiger partial charge in [0, 0.05) is 12.0 Å². The molecule has 76 valence electrons. The topological polar surface area (TPSA) is 43.1 Å². The molecule has 0 aliphatic heterocycles. The van der Waals surface area contributed by atoms with Crippen LogP contribution in [0.15, 0.2) is 11.4 Å². The smallest absolute Gasteiger partial charge is 0.177 e. The van der Waals surface area contributed by atoms with Gasteiger partial charge in [-0.1, -0.05) is 6.42 Å². The normalized spacial score (nSPS) is 26.7. The molecule has 1 saturated carbocycles. The highest BCUT2D eigenvalue weighted by Crippen LogP contribution is 2.30. The molecule has 1 aliphatic rings. The molecule has 1 aliphatic carbocycles. The molecule has 1 aromatic rings. The van der Waals surface area contributed by atoms with Crippen molar-refractivity contribution in [1.82, 2.24) is 0 Å². The van der Waals surface area contributed by atoms with Gasteiger partial charge in [0.1, 0.15) is 0 Å². The van der Waals surface area contributed by atoms with Crippen molar-refractivity contribution in [3.8, 4) is 0 Å². The Kier molecular flexibility index (Phi) is 2.70. The van der Waals surface area contributed by atoms with Crippen molar-refractivity contribution in [3.63, 3.8) is 0 Å². The van der Waals surface area contributed by atoms with Crippen molar-refractivity contribution in [2.75, 3.05) is 0 Å². The molecule has 0 amide bonds. The molecule has 0 saturated heterocycles. The standard InChI is InChI=1S/C11H15NOS/c1-7-5-6-14-11(7)10(13)8-3-2-4-9(8)12/h5-6,8-9H,2-4,12H2,1H3. The van der Waals surface area contributed by atoms with Gasteiger partial charge in [-0.25, -0.2) is 0 Å². The van der Waals surface area contributed by atoms with E-state index >= 15 is 0 Å². The number of carbonyl (C=O) groups excluding carboxylic acids is 1. The van der Waals surface area contributed by atoms with Crippen LogP contribution in [0.2, 0.25) is 0 Å². The number of aryl methyl sites for hydroxylation is 1. The van der Waals surface area contributed by atoms with E-state index in [1.54, 1.807) is 11.3 Å². The quantitative estimate of drug-likeness (QED) is 0.760. The summed E-state index contributed by atoms with van der Waals surface area (Å²) < 4.78 is 0. The first-order valence-corrected chi connectivity index (χ1v) is 5.92. The second-order valence-electron chi connectivity index (χ2n) is 4.00. The van der Waals surface area contributed by atoms with Crippen LogP contribution in [0.25, 0.3) is 0 Å². The molecule has 1 aromatic heterocycles. The van der Waals surface area contributed by atoms with Crippen molar-refractivity contribution in [2.24, 2.45) is 11.7 Å². The van der Waals surface area contributed by atoms with Gasteiger partial charge >= 0.3 is 0 Å². The SMILES string of the molecule is Cc1ccsc1C(=O)C1CCCC1N. The van der Waals surface area contributed by atoms with Gasteiger partial charge in [0.25, 0.3) is 0 Å². The Bertz CT molecular complexity index is 345. The predicted molar refractivity (Wildman–Crippen MR) is 58.7 cm³/mol. The third-order valence-electron chi connectivity index (χ3n) is 2.99. The molecule has 2 nitrogen and oxygen atoms in total. The van der Waals surface area contributed by atoms with E-state index in [9.17, 15) is 4.79 Å². The van der Waals surface area contributed by atoms with E-state index in [0.717, 1.165) is 29.7 Å². The first-order valence-electron chi connectivity index (χ1n) is 5.04. The van der Waals surface area contributed by atoms with Gasteiger partial charge in [-0.15, -0.1) is 11.3 Å². The van der Waals surface area contributed by atoms with E-state index in [0.29, 0.717) is 0 Å². The van der Waals surface area contributed by atoms with Crippen molar-refractivity contribution in [1.29, 1.82) is 0 Å². The Hall–Kier alpha value is -0.670. The van der Waals surface area contributed by atoms with Gasteiger partial charge in [-0.05, 0) is 36.8 Å². The molecule has 2 N–H and O–H groups in total. The number of hydrogen-bond donors (Lipinski definition) is 1. The fourth-order valence-electron chi connectivity index (χ4n) is 2.11. The third-order valence-corrected chi connectivity index (χ3v) is 4.02. The van der Waals surface area contributed by atoms with Crippen LogP contribution in [0.5, 0.6) is 0 Å². The first-order chi connectivity index (χ1) is 6.70. The lowest BCUT2D eigenvalue weighted by atomic mass is 9.96. The van der Waals surface area contributed by atoms with E-state index in [1.807, 2.05) is 18.4 Å². The fraction of sp³-hybridized carbons (Fsp3) is 0.545. The van der Waals surface area contributed by atoms with Crippen LogP contribution in [0.3, 0.4) is 0 Å². The van der Waals surface area contributed by atoms with Gasteiger partial charge in [-0.3, -0.25) is 4.79 Å². The fourth-order valence-corrected chi connectivity index (χ4v) is 3.04. The minimum Gasteiger partial charge on any atom is -0.327 e. The maximum atomic E-state index is 12.1. The number of rotatable bonds is 2. The largest absolute Gasteiger partial charge is 0.327 e. The Labute approximate surface area is 88.1 Å². The summed E-state index contributed by atoms with van der Waals surface area (Å²) in [5.74, 6) is 0.342. The number of ketones is 1. The van der Waals surface area contributed by atoms with Gasteiger partial charge < -0.3 is 5.73 Å². The van der Waals surface area contributed by atoms with Crippen LogP contribution in [-0.2, 0) is 0 Å². The highest BCUT2D eigenvalue weighted by Gasteiger charge is 2.31. The van der Waals surface area contributed by atoms with E-state index in [4.69, 9.17) is 5.73 Å². The van der Waals surface area contributed by atoms with Crippen molar-refractivity contribution >= 4 is 17.1 Å². The van der Waals surface area contributed by atoms with Crippen molar-refractivity contribution in [2.45, 2.75) is 32.2 Å². The van der Waals surface area contributed by atoms with E-state index < -0.39 is 0 Å². The number of hydrogen-bond acceptors (Lipinski definition) is 3. The molecule has 14 heavy (non-hydrogen) atoms. The van der Waals surface area contributed by atoms with Crippen LogP contribution >= 0.6 is 11.3 Å². The molecule has 2 unspecified atom stereocenters. The predicted octanol–water partition coefficient (Wildman–Crippen LogP) is 2.37. The summed E-state index contributed by atoms with van der Waals surface area (Å²) in [7, 11) is 0. The highest BCUT2D eigenvalue weighted by molar-refractivity contribution is 7.12. The lowest BCUT2D eigenvalue weighted by Gasteiger charge is -2.13. The van der Waals surface area contributed by atoms with Crippen LogP contribution in [0, 0.1) is 12.8 Å². The molecule has 2 atom stereocenters. The van der Waals surface area contributed by atoms with Crippen LogP contribution in [-0.4, -0.2) is 11.8 Å². The lowest BCUT2D eigenvalue weighted by molar-refractivity contribution is 0.0917. The van der Waals surface area contributed by atoms with E-state index in [1.165, 1.54) is 0 Å². The lowest BCUT2D eigenvalue weighted by Crippen LogP contribution is -2.30. The summed E-state index contributed by atoms with van der Waals surface area (Å²) in [5.41, 5.74) is 7.02. The molecule has 1 heterocycles. The molecule has 0 spiro atoms. The number of Topliss-reactive ketones (excluding diaryl/α,β-unsaturated/α-hetero) is 1. The maximum Gasteiger partial charge on any atom is 0.177 e. The van der Waals surface area contributed by atoms with E-state index in [2.05, 4.69) is 0 Å². The minimum absolute atomic E-state index is 0.0762. The minimum atomic E-state index is 0.0762. The summed E-state index contributed by atoms with van der Waals surface area (Å²) in [4.78, 5) is 13.0. The Balaban J connectivity index is 2.20. The van der Waals surface area contributed by atoms with Crippen molar-refractivity contribution in [3.05, 3.63) is 21.9 Å². The second kappa shape index (κ2) is 3.83. The van der Waals surface area contributed by atoms with E-state index in [-0.39, 0.29) is 17.7 Å². The molecule has 2 rings (SSSR count). The van der Waals surface area contributed by atoms with Crippen LogP contribution in [0.4, 0.5) is 0 Å². The first kappa shape index (κ1) is 9.87. The maximum absolute atomic E-state index is 12.1. The Morgan fingerprint density at radius 1 is 1.57 bits per heavy atom. The summed E-state index contributed by atoms with van der Waals surface area (Å²) in [6.07, 6.45) is 3.07. The molecular formula is C11H15NOS. The summed E-state index contributed by atoms with van der Waals surface area (Å²) in [6, 6.07) is 2.09. The number of carbonyl (C=O) groups is 1. The molecule has 1 fully saturated rings. The summed E-state index contributed by atoms with van der Waals surface area (Å²) in [5, 5.41) is 1.98. The zero-order valence-electron chi connectivity index (χ0n) is 8.32. The average molecular weight is 209 g/mol. The third kappa shape index (κ3) is 1.62. The summed E-state index contributed by atoms with van der Waals surface area (Å²) in [6.45, 7) is 1.99. The molecule has 0 aromatic carbocycles. The van der Waals surface area contributed by atoms with Gasteiger partial charge in [0.05, 0.1) is 4.88 Å². The second-order valence-corrected chi connectivity index (χ2v) is 4.91. The number of nitrogens with two attached hydrogens (primary N) is 1. The highest BCUT2D eigenvalue weighted by atomic mass is 32.1. The van der Waals surface area contributed by atoms with Gasteiger partial charge in [-0.2, -0.15) is 0 Å². The zero-order chi connectivity index (χ0) is 10.1. The van der Waals surface area contributed by atoms with Crippen LogP contribution in [0.1, 0.15) is 34.5 Å². The van der Waals surface area contributed by atoms with Crippen LogP contribution < -0.4 is 5.73 Å². The van der Waals surface area contributed by atoms with Crippen molar-refractivity contribution < 1.29 is 4.79 Å². The number of thiophene rings is 1. The molecular weight excluding hydrogens is 194 g/mol. The Morgan fingerprint density at radius 3 is 2.86 bits per heavy atom. The van der Waals surface area contributed by atoms with Gasteiger partial charge in [0.2, 0.25) is 0 Å². The zero-order valence-corrected chi connectivity index (χ0v) is 9.14. The summed E-state index contributed by atoms with van der Waals surface area (Å²) >= 11 is 1.54. The Morgan fingerprint density at radius 2 is 2.36 bits per heavy atom.